The second-order valence-electron chi connectivity index (χ2n) is 9.58. The molecule has 6 nitrogen and oxygen atoms in total. The van der Waals surface area contributed by atoms with Gasteiger partial charge < -0.3 is 19.8 Å². The van der Waals surface area contributed by atoms with Gasteiger partial charge in [-0.05, 0) is 86.9 Å². The van der Waals surface area contributed by atoms with Gasteiger partial charge in [0.2, 0.25) is 0 Å². The Hall–Kier alpha value is -3.09. The molecule has 1 aliphatic carbocycles. The van der Waals surface area contributed by atoms with Crippen molar-refractivity contribution in [2.75, 3.05) is 26.2 Å². The van der Waals surface area contributed by atoms with E-state index in [9.17, 15) is 18.3 Å². The fourth-order valence-electron chi connectivity index (χ4n) is 5.06. The summed E-state index contributed by atoms with van der Waals surface area (Å²) in [7, 11) is 0. The Balaban J connectivity index is 0.000000479. The minimum atomic E-state index is -5.08. The second-order valence-corrected chi connectivity index (χ2v) is 9.58. The molecule has 4 rings (SSSR count). The highest BCUT2D eigenvalue weighted by Crippen LogP contribution is 2.49. The van der Waals surface area contributed by atoms with Crippen LogP contribution in [0.1, 0.15) is 49.7 Å². The number of carboxylic acid groups (broad SMARTS) is 1. The van der Waals surface area contributed by atoms with Gasteiger partial charge in [-0.25, -0.2) is 4.79 Å². The number of benzene rings is 2. The van der Waals surface area contributed by atoms with E-state index in [2.05, 4.69) is 35.2 Å². The third-order valence-corrected chi connectivity index (χ3v) is 7.29. The summed E-state index contributed by atoms with van der Waals surface area (Å²) < 4.78 is 37.5. The van der Waals surface area contributed by atoms with E-state index in [0.29, 0.717) is 24.0 Å². The maximum atomic E-state index is 11.8. The Morgan fingerprint density at radius 3 is 2.05 bits per heavy atom. The van der Waals surface area contributed by atoms with Crippen molar-refractivity contribution >= 4 is 5.97 Å². The Bertz CT molecular complexity index is 1030. The summed E-state index contributed by atoms with van der Waals surface area (Å²) in [6, 6.07) is 19.8. The number of ether oxygens (including phenoxy) is 1. The summed E-state index contributed by atoms with van der Waals surface area (Å²) in [5, 5.41) is 27.8. The van der Waals surface area contributed by atoms with Crippen molar-refractivity contribution < 1.29 is 32.9 Å². The molecule has 2 aromatic carbocycles. The van der Waals surface area contributed by atoms with Crippen LogP contribution in [0.3, 0.4) is 0 Å². The van der Waals surface area contributed by atoms with Crippen LogP contribution in [0, 0.1) is 23.2 Å². The number of piperidine rings is 1. The van der Waals surface area contributed by atoms with Crippen LogP contribution < -0.4 is 4.74 Å². The van der Waals surface area contributed by atoms with E-state index >= 15 is 0 Å². The van der Waals surface area contributed by atoms with Crippen molar-refractivity contribution in [2.45, 2.75) is 50.3 Å². The van der Waals surface area contributed by atoms with Crippen LogP contribution >= 0.6 is 0 Å². The third kappa shape index (κ3) is 7.70. The molecule has 1 saturated heterocycles. The number of alkyl halides is 3. The number of hydrogen-bond acceptors (Lipinski definition) is 5. The molecule has 37 heavy (non-hydrogen) atoms. The van der Waals surface area contributed by atoms with Gasteiger partial charge in [-0.3, -0.25) is 0 Å². The second kappa shape index (κ2) is 12.9. The zero-order valence-electron chi connectivity index (χ0n) is 20.7. The van der Waals surface area contributed by atoms with E-state index in [0.717, 1.165) is 63.1 Å². The lowest BCUT2D eigenvalue weighted by molar-refractivity contribution is -0.192. The van der Waals surface area contributed by atoms with Crippen LogP contribution in [-0.2, 0) is 10.4 Å². The van der Waals surface area contributed by atoms with Gasteiger partial charge in [-0.15, -0.1) is 0 Å². The summed E-state index contributed by atoms with van der Waals surface area (Å²) in [5.74, 6) is -1.18. The number of nitrogens with zero attached hydrogens (tertiary/aromatic N) is 2. The van der Waals surface area contributed by atoms with Crippen LogP contribution in [0.15, 0.2) is 54.6 Å². The van der Waals surface area contributed by atoms with Crippen LogP contribution in [0.25, 0.3) is 0 Å². The highest BCUT2D eigenvalue weighted by molar-refractivity contribution is 5.73. The monoisotopic (exact) mass is 518 g/mol. The highest BCUT2D eigenvalue weighted by Gasteiger charge is 2.47. The Morgan fingerprint density at radius 1 is 1.00 bits per heavy atom. The fourth-order valence-corrected chi connectivity index (χ4v) is 5.06. The van der Waals surface area contributed by atoms with Crippen molar-refractivity contribution in [2.24, 2.45) is 11.8 Å². The van der Waals surface area contributed by atoms with Gasteiger partial charge in [0.15, 0.2) is 0 Å². The van der Waals surface area contributed by atoms with E-state index in [-0.39, 0.29) is 0 Å². The molecule has 2 aromatic rings. The van der Waals surface area contributed by atoms with Crippen LogP contribution in [0.5, 0.6) is 5.75 Å². The summed E-state index contributed by atoms with van der Waals surface area (Å²) in [6.07, 6.45) is 1.56. The quantitative estimate of drug-likeness (QED) is 0.457. The molecule has 2 fully saturated rings. The van der Waals surface area contributed by atoms with E-state index in [1.165, 1.54) is 6.42 Å². The normalized spacial score (nSPS) is 18.5. The van der Waals surface area contributed by atoms with Gasteiger partial charge >= 0.3 is 12.1 Å². The van der Waals surface area contributed by atoms with Gasteiger partial charge in [0.25, 0.3) is 0 Å². The Kier molecular flexibility index (Phi) is 9.95. The van der Waals surface area contributed by atoms with Crippen molar-refractivity contribution in [3.8, 4) is 11.8 Å². The molecule has 0 spiro atoms. The molecule has 1 saturated carbocycles. The minimum Gasteiger partial charge on any atom is -0.494 e. The molecule has 1 aliphatic heterocycles. The molecule has 0 bridgehead atoms. The van der Waals surface area contributed by atoms with E-state index in [1.54, 1.807) is 12.1 Å². The topological polar surface area (TPSA) is 93.8 Å². The van der Waals surface area contributed by atoms with Gasteiger partial charge in [0.05, 0.1) is 23.8 Å². The predicted octanol–water partition coefficient (Wildman–Crippen LogP) is 5.36. The largest absolute Gasteiger partial charge is 0.494 e. The molecular formula is C28H33F3N2O4. The number of aliphatic hydroxyl groups is 1. The maximum absolute atomic E-state index is 11.8. The summed E-state index contributed by atoms with van der Waals surface area (Å²) >= 11 is 0. The first-order chi connectivity index (χ1) is 17.6. The number of carboxylic acids is 1. The lowest BCUT2D eigenvalue weighted by Gasteiger charge is -2.49. The summed E-state index contributed by atoms with van der Waals surface area (Å²) in [4.78, 5) is 11.4. The average molecular weight is 519 g/mol. The molecule has 0 radical (unpaired) electrons. The molecule has 0 aromatic heterocycles. The van der Waals surface area contributed by atoms with Crippen molar-refractivity contribution in [1.29, 1.82) is 5.26 Å². The molecule has 1 atom stereocenters. The van der Waals surface area contributed by atoms with Gasteiger partial charge in [0, 0.05) is 6.54 Å². The number of halogens is 3. The molecule has 9 heteroatoms. The van der Waals surface area contributed by atoms with E-state index < -0.39 is 17.7 Å². The minimum absolute atomic E-state index is 0.344. The van der Waals surface area contributed by atoms with Gasteiger partial charge in [-0.2, -0.15) is 18.4 Å². The molecule has 1 unspecified atom stereocenters. The number of nitriles is 1. The summed E-state index contributed by atoms with van der Waals surface area (Å²) in [6.45, 7) is 3.80. The average Bonchev–Trinajstić information content (AvgIpc) is 2.86. The first-order valence-electron chi connectivity index (χ1n) is 12.6. The molecule has 0 amide bonds. The van der Waals surface area contributed by atoms with Crippen LogP contribution in [0.4, 0.5) is 13.2 Å². The molecule has 2 N–H and O–H groups in total. The molecule has 2 aliphatic rings. The highest BCUT2D eigenvalue weighted by atomic mass is 19.4. The smallest absolute Gasteiger partial charge is 0.490 e. The van der Waals surface area contributed by atoms with Gasteiger partial charge in [-0.1, -0.05) is 36.8 Å². The van der Waals surface area contributed by atoms with Crippen LogP contribution in [0.2, 0.25) is 0 Å². The number of carbonyl (C=O) groups is 1. The first-order valence-corrected chi connectivity index (χ1v) is 12.6. The molecule has 200 valence electrons. The summed E-state index contributed by atoms with van der Waals surface area (Å²) in [5.41, 5.74) is 1.11. The maximum Gasteiger partial charge on any atom is 0.490 e. The fraction of sp³-hybridized carbons (Fsp3) is 0.500. The number of likely N-dealkylation sites (tertiary alicyclic amines) is 1. The molecule has 1 heterocycles. The van der Waals surface area contributed by atoms with Crippen molar-refractivity contribution in [3.05, 3.63) is 65.7 Å². The third-order valence-electron chi connectivity index (χ3n) is 7.29. The standard InChI is InChI=1S/C26H32N2O2.C2HF3O2/c27-20-21-10-12-25(13-11-21)30-19-5-16-28-17-14-24(15-18-28)26(29,23-8-4-9-23)22-6-2-1-3-7-22;3-2(4,5)1(6)7/h1-3,6-7,10-13,23-24,29H,4-5,8-9,14-19H2;(H,6,7). The molecular weight excluding hydrogens is 485 g/mol. The lowest BCUT2D eigenvalue weighted by atomic mass is 9.62. The van der Waals surface area contributed by atoms with Gasteiger partial charge in [0.1, 0.15) is 5.75 Å². The Morgan fingerprint density at radius 2 is 1.57 bits per heavy atom. The number of hydrogen-bond donors (Lipinski definition) is 2. The Labute approximate surface area is 215 Å². The van der Waals surface area contributed by atoms with E-state index in [1.807, 2.05) is 18.2 Å². The predicted molar refractivity (Wildman–Crippen MR) is 132 cm³/mol. The van der Waals surface area contributed by atoms with Crippen molar-refractivity contribution in [1.82, 2.24) is 4.90 Å². The zero-order valence-corrected chi connectivity index (χ0v) is 20.7. The van der Waals surface area contributed by atoms with Crippen LogP contribution in [-0.4, -0.2) is 53.5 Å². The lowest BCUT2D eigenvalue weighted by Crippen LogP contribution is -2.49. The first kappa shape index (κ1) is 28.5. The zero-order chi connectivity index (χ0) is 26.9. The van der Waals surface area contributed by atoms with E-state index in [4.69, 9.17) is 19.9 Å². The van der Waals surface area contributed by atoms with Crippen molar-refractivity contribution in [3.63, 3.8) is 0 Å². The number of rotatable bonds is 8. The SMILES string of the molecule is N#Cc1ccc(OCCCN2CCC(C(O)(c3ccccc3)C3CCC3)CC2)cc1.O=C(O)C(F)(F)F. The number of aliphatic carboxylic acids is 1.